The Morgan fingerprint density at radius 2 is 1.74 bits per heavy atom. The molecule has 1 aliphatic heterocycles. The minimum Gasteiger partial charge on any atom is -0.334 e. The standard InChI is InChI=1S/C20H18ClNO/c21-17-9-7-15(8-10-17)20(23)22-12-11-19-16(13-22)6-5-14-3-1-2-4-18(14)19/h1-4,7-10H,5-6,11-13H2. The minimum atomic E-state index is 0.104. The van der Waals surface area contributed by atoms with E-state index in [2.05, 4.69) is 24.3 Å². The predicted octanol–water partition coefficient (Wildman–Crippen LogP) is 4.59. The van der Waals surface area contributed by atoms with Crippen LogP contribution in [-0.2, 0) is 6.42 Å². The van der Waals surface area contributed by atoms with E-state index in [9.17, 15) is 4.79 Å². The monoisotopic (exact) mass is 323 g/mol. The second-order valence-electron chi connectivity index (χ2n) is 6.22. The summed E-state index contributed by atoms with van der Waals surface area (Å²) >= 11 is 5.91. The number of fused-ring (bicyclic) bond motifs is 2. The summed E-state index contributed by atoms with van der Waals surface area (Å²) in [6.45, 7) is 1.54. The van der Waals surface area contributed by atoms with Gasteiger partial charge in [0, 0.05) is 23.7 Å². The van der Waals surface area contributed by atoms with E-state index in [0.717, 1.165) is 37.9 Å². The van der Waals surface area contributed by atoms with Crippen LogP contribution in [0.1, 0.15) is 34.3 Å². The van der Waals surface area contributed by atoms with Crippen LogP contribution in [0, 0.1) is 0 Å². The number of carbonyl (C=O) groups excluding carboxylic acids is 1. The van der Waals surface area contributed by atoms with E-state index in [-0.39, 0.29) is 5.91 Å². The fraction of sp³-hybridized carbons (Fsp3) is 0.250. The first-order valence-corrected chi connectivity index (χ1v) is 8.44. The van der Waals surface area contributed by atoms with Crippen molar-refractivity contribution in [2.24, 2.45) is 0 Å². The van der Waals surface area contributed by atoms with Gasteiger partial charge < -0.3 is 4.90 Å². The molecule has 1 amide bonds. The lowest BCUT2D eigenvalue weighted by atomic mass is 9.82. The Bertz CT molecular complexity index is 792. The quantitative estimate of drug-likeness (QED) is 0.752. The molecule has 0 saturated carbocycles. The van der Waals surface area contributed by atoms with E-state index >= 15 is 0 Å². The van der Waals surface area contributed by atoms with Crippen LogP contribution in [0.4, 0.5) is 0 Å². The van der Waals surface area contributed by atoms with Crippen molar-refractivity contribution in [3.63, 3.8) is 0 Å². The van der Waals surface area contributed by atoms with Crippen molar-refractivity contribution in [1.29, 1.82) is 0 Å². The molecule has 0 N–H and O–H groups in total. The summed E-state index contributed by atoms with van der Waals surface area (Å²) in [7, 11) is 0. The van der Waals surface area contributed by atoms with E-state index in [0.29, 0.717) is 5.02 Å². The van der Waals surface area contributed by atoms with Gasteiger partial charge in [-0.2, -0.15) is 0 Å². The summed E-state index contributed by atoms with van der Waals surface area (Å²) in [6.07, 6.45) is 3.10. The molecule has 2 nitrogen and oxygen atoms in total. The van der Waals surface area contributed by atoms with Gasteiger partial charge in [-0.25, -0.2) is 0 Å². The average Bonchev–Trinajstić information content (AvgIpc) is 2.61. The zero-order chi connectivity index (χ0) is 15.8. The van der Waals surface area contributed by atoms with Crippen LogP contribution in [0.25, 0.3) is 5.57 Å². The highest BCUT2D eigenvalue weighted by atomic mass is 35.5. The van der Waals surface area contributed by atoms with Crippen LogP contribution in [0.5, 0.6) is 0 Å². The number of carbonyl (C=O) groups is 1. The maximum absolute atomic E-state index is 12.7. The molecule has 0 unspecified atom stereocenters. The van der Waals surface area contributed by atoms with E-state index in [1.54, 1.807) is 12.1 Å². The van der Waals surface area contributed by atoms with E-state index < -0.39 is 0 Å². The highest BCUT2D eigenvalue weighted by Crippen LogP contribution is 2.36. The second kappa shape index (κ2) is 5.86. The number of hydrogen-bond acceptors (Lipinski definition) is 1. The maximum Gasteiger partial charge on any atom is 0.254 e. The van der Waals surface area contributed by atoms with Crippen molar-refractivity contribution in [3.8, 4) is 0 Å². The first kappa shape index (κ1) is 14.5. The van der Waals surface area contributed by atoms with Crippen molar-refractivity contribution in [3.05, 3.63) is 75.8 Å². The smallest absolute Gasteiger partial charge is 0.254 e. The lowest BCUT2D eigenvalue weighted by Gasteiger charge is -2.34. The lowest BCUT2D eigenvalue weighted by Crippen LogP contribution is -2.37. The number of rotatable bonds is 1. The first-order valence-electron chi connectivity index (χ1n) is 8.06. The molecule has 116 valence electrons. The number of hydrogen-bond donors (Lipinski definition) is 0. The third-order valence-corrected chi connectivity index (χ3v) is 5.11. The molecule has 0 fully saturated rings. The summed E-state index contributed by atoms with van der Waals surface area (Å²) in [4.78, 5) is 14.7. The third kappa shape index (κ3) is 2.68. The molecule has 23 heavy (non-hydrogen) atoms. The number of aryl methyl sites for hydroxylation is 1. The average molecular weight is 324 g/mol. The minimum absolute atomic E-state index is 0.104. The number of benzene rings is 2. The van der Waals surface area contributed by atoms with Gasteiger partial charge in [0.2, 0.25) is 0 Å². The molecular formula is C20H18ClNO. The Morgan fingerprint density at radius 3 is 2.57 bits per heavy atom. The Morgan fingerprint density at radius 1 is 0.957 bits per heavy atom. The van der Waals surface area contributed by atoms with Crippen molar-refractivity contribution in [2.45, 2.75) is 19.3 Å². The lowest BCUT2D eigenvalue weighted by molar-refractivity contribution is 0.0766. The topological polar surface area (TPSA) is 20.3 Å². The van der Waals surface area contributed by atoms with Gasteiger partial charge in [-0.3, -0.25) is 4.79 Å². The Kier molecular flexibility index (Phi) is 3.70. The third-order valence-electron chi connectivity index (χ3n) is 4.86. The number of nitrogens with zero attached hydrogens (tertiary/aromatic N) is 1. The fourth-order valence-corrected chi connectivity index (χ4v) is 3.78. The maximum atomic E-state index is 12.7. The summed E-state index contributed by atoms with van der Waals surface area (Å²) in [5.74, 6) is 0.104. The van der Waals surface area contributed by atoms with Crippen LogP contribution >= 0.6 is 11.6 Å². The molecular weight excluding hydrogens is 306 g/mol. The highest BCUT2D eigenvalue weighted by molar-refractivity contribution is 6.30. The normalized spacial score (nSPS) is 16.8. The first-order chi connectivity index (χ1) is 11.2. The summed E-state index contributed by atoms with van der Waals surface area (Å²) in [6, 6.07) is 15.9. The van der Waals surface area contributed by atoms with Gasteiger partial charge >= 0.3 is 0 Å². The van der Waals surface area contributed by atoms with Gasteiger partial charge in [0.15, 0.2) is 0 Å². The van der Waals surface area contributed by atoms with Crippen molar-refractivity contribution in [1.82, 2.24) is 4.90 Å². The Balaban J connectivity index is 1.59. The van der Waals surface area contributed by atoms with Crippen molar-refractivity contribution in [2.75, 3.05) is 13.1 Å². The zero-order valence-corrected chi connectivity index (χ0v) is 13.6. The molecule has 0 radical (unpaired) electrons. The largest absolute Gasteiger partial charge is 0.334 e. The van der Waals surface area contributed by atoms with E-state index in [1.807, 2.05) is 17.0 Å². The van der Waals surface area contributed by atoms with Gasteiger partial charge in [0.05, 0.1) is 0 Å². The van der Waals surface area contributed by atoms with Crippen molar-refractivity contribution >= 4 is 23.1 Å². The zero-order valence-electron chi connectivity index (χ0n) is 12.9. The molecule has 0 bridgehead atoms. The van der Waals surface area contributed by atoms with Crippen LogP contribution in [0.15, 0.2) is 54.1 Å². The predicted molar refractivity (Wildman–Crippen MR) is 93.7 cm³/mol. The van der Waals surface area contributed by atoms with Crippen LogP contribution < -0.4 is 0 Å². The Labute approximate surface area is 141 Å². The number of halogens is 1. The summed E-state index contributed by atoms with van der Waals surface area (Å²) in [5, 5.41) is 0.661. The second-order valence-corrected chi connectivity index (χ2v) is 6.66. The molecule has 3 heteroatoms. The molecule has 0 atom stereocenters. The van der Waals surface area contributed by atoms with Gasteiger partial charge in [-0.1, -0.05) is 35.9 Å². The molecule has 1 aliphatic carbocycles. The van der Waals surface area contributed by atoms with Gasteiger partial charge in [0.25, 0.3) is 5.91 Å². The van der Waals surface area contributed by atoms with Crippen LogP contribution in [-0.4, -0.2) is 23.9 Å². The van der Waals surface area contributed by atoms with E-state index in [4.69, 9.17) is 11.6 Å². The van der Waals surface area contributed by atoms with E-state index in [1.165, 1.54) is 22.3 Å². The SMILES string of the molecule is O=C(c1ccc(Cl)cc1)N1CCC2=C(CCc3ccccc32)C1. The molecule has 2 aromatic carbocycles. The summed E-state index contributed by atoms with van der Waals surface area (Å²) in [5.41, 5.74) is 6.45. The van der Waals surface area contributed by atoms with Crippen LogP contribution in [0.2, 0.25) is 5.02 Å². The summed E-state index contributed by atoms with van der Waals surface area (Å²) < 4.78 is 0. The number of amides is 1. The fourth-order valence-electron chi connectivity index (χ4n) is 3.65. The molecule has 0 saturated heterocycles. The molecule has 0 spiro atoms. The molecule has 1 heterocycles. The molecule has 2 aromatic rings. The molecule has 0 aromatic heterocycles. The van der Waals surface area contributed by atoms with Gasteiger partial charge in [0.1, 0.15) is 0 Å². The van der Waals surface area contributed by atoms with Gasteiger partial charge in [-0.15, -0.1) is 0 Å². The molecule has 4 rings (SSSR count). The Hall–Kier alpha value is -2.06. The van der Waals surface area contributed by atoms with Crippen LogP contribution in [0.3, 0.4) is 0 Å². The van der Waals surface area contributed by atoms with Crippen molar-refractivity contribution < 1.29 is 4.79 Å². The van der Waals surface area contributed by atoms with Gasteiger partial charge in [-0.05, 0) is 65.8 Å². The highest BCUT2D eigenvalue weighted by Gasteiger charge is 2.27. The molecule has 2 aliphatic rings.